The van der Waals surface area contributed by atoms with E-state index in [4.69, 9.17) is 10.1 Å². The van der Waals surface area contributed by atoms with E-state index in [1.54, 1.807) is 0 Å². The Balaban J connectivity index is 1.46. The topological polar surface area (TPSA) is 104 Å². The molecule has 3 aromatic carbocycles. The molecule has 1 aliphatic rings. The maximum absolute atomic E-state index is 10.8. The number of hydrogen-bond acceptors (Lipinski definition) is 4. The lowest BCUT2D eigenvalue weighted by Crippen LogP contribution is -2.29. The van der Waals surface area contributed by atoms with Crippen LogP contribution >= 0.6 is 0 Å². The van der Waals surface area contributed by atoms with E-state index in [0.29, 0.717) is 24.9 Å². The summed E-state index contributed by atoms with van der Waals surface area (Å²) in [6, 6.07) is 29.0. The number of aliphatic carboxylic acids is 1. The monoisotopic (exact) mass is 598 g/mol. The molecule has 0 bridgehead atoms. The molecule has 0 saturated heterocycles. The van der Waals surface area contributed by atoms with Crippen LogP contribution in [0.3, 0.4) is 0 Å². The second-order valence-corrected chi connectivity index (χ2v) is 11.8. The summed E-state index contributed by atoms with van der Waals surface area (Å²) in [5, 5.41) is 29.4. The molecule has 1 aliphatic carbocycles. The lowest BCUT2D eigenvalue weighted by molar-refractivity contribution is -0.137. The molecule has 1 saturated carbocycles. The van der Waals surface area contributed by atoms with Gasteiger partial charge in [-0.3, -0.25) is 10.2 Å². The molecule has 1 fully saturated rings. The number of benzene rings is 3. The highest BCUT2D eigenvalue weighted by atomic mass is 16.4. The van der Waals surface area contributed by atoms with Gasteiger partial charge in [0, 0.05) is 36.6 Å². The first-order chi connectivity index (χ1) is 22.0. The molecule has 0 aliphatic heterocycles. The first kappa shape index (κ1) is 30.1. The number of aliphatic hydroxyl groups excluding tert-OH is 1. The molecule has 0 unspecified atom stereocenters. The van der Waals surface area contributed by atoms with Crippen molar-refractivity contribution in [2.45, 2.75) is 70.1 Å². The molecule has 6 rings (SSSR count). The summed E-state index contributed by atoms with van der Waals surface area (Å²) in [6.45, 7) is 0.549. The lowest BCUT2D eigenvalue weighted by Gasteiger charge is -2.27. The van der Waals surface area contributed by atoms with Gasteiger partial charge >= 0.3 is 5.97 Å². The van der Waals surface area contributed by atoms with Crippen LogP contribution in [-0.2, 0) is 11.3 Å². The summed E-state index contributed by atoms with van der Waals surface area (Å²) in [5.74, 6) is 5.69. The Morgan fingerprint density at radius 1 is 0.911 bits per heavy atom. The number of carbonyl (C=O) groups is 1. The zero-order chi connectivity index (χ0) is 31.2. The van der Waals surface area contributed by atoms with Crippen molar-refractivity contribution in [3.8, 4) is 34.2 Å². The molecule has 3 N–H and O–H groups in total. The number of unbranched alkanes of at least 4 members (excludes halogenated alkanes) is 2. The quantitative estimate of drug-likeness (QED) is 0.124. The molecule has 7 heteroatoms. The summed E-state index contributed by atoms with van der Waals surface area (Å²) < 4.78 is 4.24. The Morgan fingerprint density at radius 3 is 2.33 bits per heavy atom. The number of carboxylic acids is 1. The normalized spacial score (nSPS) is 16.3. The van der Waals surface area contributed by atoms with Crippen molar-refractivity contribution in [1.82, 2.24) is 14.1 Å². The van der Waals surface area contributed by atoms with Gasteiger partial charge in [0.1, 0.15) is 11.1 Å². The SMILES string of the molecule is N=c1c2c(-c3ccccc3)c(-c3ccccc3)n(Cc3cccc(C#CCCCCC(=O)O)c3)c2ncn1C1CCC(O)CC1. The Bertz CT molecular complexity index is 1910. The predicted octanol–water partition coefficient (Wildman–Crippen LogP) is 7.17. The molecule has 45 heavy (non-hydrogen) atoms. The summed E-state index contributed by atoms with van der Waals surface area (Å²) in [7, 11) is 0. The minimum absolute atomic E-state index is 0.129. The van der Waals surface area contributed by atoms with E-state index in [1.165, 1.54) is 0 Å². The van der Waals surface area contributed by atoms with Gasteiger partial charge in [0.05, 0.1) is 23.5 Å². The molecule has 2 aromatic heterocycles. The number of nitrogens with zero attached hydrogens (tertiary/aromatic N) is 3. The van der Waals surface area contributed by atoms with Gasteiger partial charge in [0.2, 0.25) is 0 Å². The molecule has 0 radical (unpaired) electrons. The fourth-order valence-corrected chi connectivity index (χ4v) is 6.40. The van der Waals surface area contributed by atoms with Crippen molar-refractivity contribution in [2.75, 3.05) is 0 Å². The van der Waals surface area contributed by atoms with Crippen LogP contribution in [-0.4, -0.2) is 36.4 Å². The number of nitrogens with one attached hydrogen (secondary N) is 1. The Hall–Kier alpha value is -4.93. The first-order valence-corrected chi connectivity index (χ1v) is 15.8. The van der Waals surface area contributed by atoms with E-state index in [0.717, 1.165) is 76.6 Å². The van der Waals surface area contributed by atoms with Crippen LogP contribution in [0.25, 0.3) is 33.4 Å². The second-order valence-electron chi connectivity index (χ2n) is 11.8. The fraction of sp³-hybridized carbons (Fsp3) is 0.289. The van der Waals surface area contributed by atoms with Gasteiger partial charge < -0.3 is 19.3 Å². The van der Waals surface area contributed by atoms with E-state index in [2.05, 4.69) is 52.8 Å². The van der Waals surface area contributed by atoms with Crippen LogP contribution < -0.4 is 5.49 Å². The van der Waals surface area contributed by atoms with E-state index in [1.807, 2.05) is 59.4 Å². The Morgan fingerprint density at radius 2 is 1.62 bits per heavy atom. The third kappa shape index (κ3) is 6.77. The smallest absolute Gasteiger partial charge is 0.303 e. The molecule has 0 amide bonds. The van der Waals surface area contributed by atoms with Gasteiger partial charge in [-0.25, -0.2) is 4.98 Å². The second kappa shape index (κ2) is 13.8. The van der Waals surface area contributed by atoms with Crippen molar-refractivity contribution < 1.29 is 15.0 Å². The third-order valence-corrected chi connectivity index (χ3v) is 8.65. The van der Waals surface area contributed by atoms with Gasteiger partial charge in [-0.15, -0.1) is 0 Å². The summed E-state index contributed by atoms with van der Waals surface area (Å²) in [5.41, 5.74) is 7.30. The van der Waals surface area contributed by atoms with Crippen LogP contribution in [0.2, 0.25) is 0 Å². The van der Waals surface area contributed by atoms with E-state index in [9.17, 15) is 15.3 Å². The minimum atomic E-state index is -0.769. The maximum Gasteiger partial charge on any atom is 0.303 e. The highest BCUT2D eigenvalue weighted by Gasteiger charge is 2.26. The van der Waals surface area contributed by atoms with Crippen LogP contribution in [0.5, 0.6) is 0 Å². The highest BCUT2D eigenvalue weighted by Crippen LogP contribution is 2.40. The molecule has 0 spiro atoms. The van der Waals surface area contributed by atoms with Gasteiger partial charge in [-0.1, -0.05) is 84.6 Å². The Labute approximate surface area is 263 Å². The molecule has 0 atom stereocenters. The average molecular weight is 599 g/mol. The van der Waals surface area contributed by atoms with Crippen molar-refractivity contribution in [1.29, 1.82) is 5.41 Å². The lowest BCUT2D eigenvalue weighted by atomic mass is 9.93. The first-order valence-electron chi connectivity index (χ1n) is 15.8. The number of hydrogen-bond donors (Lipinski definition) is 3. The van der Waals surface area contributed by atoms with E-state index >= 15 is 0 Å². The molecule has 228 valence electrons. The van der Waals surface area contributed by atoms with Crippen molar-refractivity contribution in [3.63, 3.8) is 0 Å². The fourth-order valence-electron chi connectivity index (χ4n) is 6.40. The number of fused-ring (bicyclic) bond motifs is 1. The zero-order valence-electron chi connectivity index (χ0n) is 25.3. The zero-order valence-corrected chi connectivity index (χ0v) is 25.3. The third-order valence-electron chi connectivity index (χ3n) is 8.65. The van der Waals surface area contributed by atoms with Crippen molar-refractivity contribution in [2.24, 2.45) is 0 Å². The minimum Gasteiger partial charge on any atom is -0.481 e. The van der Waals surface area contributed by atoms with Crippen molar-refractivity contribution >= 4 is 17.0 Å². The number of aliphatic hydroxyl groups is 1. The largest absolute Gasteiger partial charge is 0.481 e. The Kier molecular flexibility index (Phi) is 9.23. The van der Waals surface area contributed by atoms with Gasteiger partial charge in [-0.2, -0.15) is 0 Å². The highest BCUT2D eigenvalue weighted by molar-refractivity contribution is 6.02. The van der Waals surface area contributed by atoms with Gasteiger partial charge in [-0.05, 0) is 67.3 Å². The average Bonchev–Trinajstić information content (AvgIpc) is 3.39. The molecular formula is C38H38N4O3. The molecule has 7 nitrogen and oxygen atoms in total. The number of rotatable bonds is 9. The van der Waals surface area contributed by atoms with Gasteiger partial charge in [0.15, 0.2) is 0 Å². The number of aromatic nitrogens is 3. The van der Waals surface area contributed by atoms with Crippen LogP contribution in [0.1, 0.15) is 68.5 Å². The molecule has 5 aromatic rings. The standard InChI is InChI=1S/C38H38N4O3/c39-37-35-34(29-15-6-3-7-16-29)36(30-17-8-4-9-18-30)41(38(35)40-26-42(37)31-20-22-32(43)23-21-31)25-28-14-11-13-27(24-28)12-5-1-2-10-19-33(44)45/h3-4,6-9,11,13-18,24,26,31-32,39,43H,1-2,10,19-23,25H2,(H,44,45). The molecule has 2 heterocycles. The van der Waals surface area contributed by atoms with E-state index in [-0.39, 0.29) is 18.6 Å². The predicted molar refractivity (Wildman–Crippen MR) is 176 cm³/mol. The van der Waals surface area contributed by atoms with Crippen LogP contribution in [0, 0.1) is 17.3 Å². The summed E-state index contributed by atoms with van der Waals surface area (Å²) in [4.78, 5) is 15.8. The van der Waals surface area contributed by atoms with Crippen molar-refractivity contribution in [3.05, 3.63) is 108 Å². The molecular weight excluding hydrogens is 560 g/mol. The van der Waals surface area contributed by atoms with Gasteiger partial charge in [0.25, 0.3) is 0 Å². The van der Waals surface area contributed by atoms with E-state index < -0.39 is 5.97 Å². The van der Waals surface area contributed by atoms with Crippen LogP contribution in [0.4, 0.5) is 0 Å². The summed E-state index contributed by atoms with van der Waals surface area (Å²) in [6.07, 6.45) is 6.90. The summed E-state index contributed by atoms with van der Waals surface area (Å²) >= 11 is 0. The van der Waals surface area contributed by atoms with Crippen LogP contribution in [0.15, 0.2) is 91.3 Å². The number of carboxylic acid groups (broad SMARTS) is 1. The maximum atomic E-state index is 10.8.